The van der Waals surface area contributed by atoms with Gasteiger partial charge in [0.2, 0.25) is 5.91 Å². The summed E-state index contributed by atoms with van der Waals surface area (Å²) < 4.78 is 5.42. The standard InChI is InChI=1S/C22H35N3O3/c1-16(2)14-19(24-20(26)18-9-7-6-8-17(18)3)21(27)23-15-22(4,5)25-10-12-28-13-11-25/h6-9,16,19H,10-15H2,1-5H3,(H,23,27)(H,24,26)/t19-/m1/s1. The van der Waals surface area contributed by atoms with Crippen molar-refractivity contribution in [1.82, 2.24) is 15.5 Å². The lowest BCUT2D eigenvalue weighted by molar-refractivity contribution is -0.124. The number of morpholine rings is 1. The maximum atomic E-state index is 12.9. The number of nitrogens with zero attached hydrogens (tertiary/aromatic N) is 1. The summed E-state index contributed by atoms with van der Waals surface area (Å²) in [4.78, 5) is 27.9. The summed E-state index contributed by atoms with van der Waals surface area (Å²) in [5.74, 6) is -0.0384. The molecule has 1 saturated heterocycles. The predicted molar refractivity (Wildman–Crippen MR) is 111 cm³/mol. The molecule has 1 atom stereocenters. The molecule has 1 aromatic rings. The number of carbonyl (C=O) groups is 2. The Labute approximate surface area is 169 Å². The molecular formula is C22H35N3O3. The Hall–Kier alpha value is -1.92. The molecule has 1 aliphatic heterocycles. The van der Waals surface area contributed by atoms with Crippen LogP contribution in [0.4, 0.5) is 0 Å². The first-order valence-electron chi connectivity index (χ1n) is 10.2. The van der Waals surface area contributed by atoms with Gasteiger partial charge in [0.15, 0.2) is 0 Å². The average Bonchev–Trinajstić information content (AvgIpc) is 2.66. The molecule has 6 heteroatoms. The fraction of sp³-hybridized carbons (Fsp3) is 0.636. The summed E-state index contributed by atoms with van der Waals surface area (Å²) in [5.41, 5.74) is 1.34. The Morgan fingerprint density at radius 3 is 2.43 bits per heavy atom. The number of hydrogen-bond acceptors (Lipinski definition) is 4. The molecule has 2 N–H and O–H groups in total. The Morgan fingerprint density at radius 1 is 1.18 bits per heavy atom. The zero-order valence-electron chi connectivity index (χ0n) is 17.9. The van der Waals surface area contributed by atoms with E-state index in [1.807, 2.05) is 25.1 Å². The van der Waals surface area contributed by atoms with Crippen LogP contribution < -0.4 is 10.6 Å². The molecule has 156 valence electrons. The van der Waals surface area contributed by atoms with Crippen molar-refractivity contribution >= 4 is 11.8 Å². The zero-order valence-corrected chi connectivity index (χ0v) is 17.9. The van der Waals surface area contributed by atoms with Crippen molar-refractivity contribution < 1.29 is 14.3 Å². The summed E-state index contributed by atoms with van der Waals surface area (Å²) in [6.07, 6.45) is 0.599. The van der Waals surface area contributed by atoms with Crippen molar-refractivity contribution in [2.24, 2.45) is 5.92 Å². The molecule has 1 fully saturated rings. The van der Waals surface area contributed by atoms with Crippen molar-refractivity contribution in [2.75, 3.05) is 32.8 Å². The molecule has 0 saturated carbocycles. The topological polar surface area (TPSA) is 70.7 Å². The summed E-state index contributed by atoms with van der Waals surface area (Å²) >= 11 is 0. The van der Waals surface area contributed by atoms with Gasteiger partial charge >= 0.3 is 0 Å². The van der Waals surface area contributed by atoms with Crippen LogP contribution in [-0.4, -0.2) is 61.1 Å². The highest BCUT2D eigenvalue weighted by molar-refractivity contribution is 5.98. The van der Waals surface area contributed by atoms with Crippen LogP contribution in [-0.2, 0) is 9.53 Å². The van der Waals surface area contributed by atoms with E-state index >= 15 is 0 Å². The van der Waals surface area contributed by atoms with Crippen LogP contribution in [0.3, 0.4) is 0 Å². The zero-order chi connectivity index (χ0) is 20.7. The van der Waals surface area contributed by atoms with Gasteiger partial charge in [-0.05, 0) is 44.7 Å². The Kier molecular flexibility index (Phi) is 8.01. The first-order chi connectivity index (χ1) is 13.2. The second-order valence-corrected chi connectivity index (χ2v) is 8.60. The Balaban J connectivity index is 2.00. The fourth-order valence-corrected chi connectivity index (χ4v) is 3.47. The van der Waals surface area contributed by atoms with Crippen molar-refractivity contribution in [1.29, 1.82) is 0 Å². The van der Waals surface area contributed by atoms with E-state index in [4.69, 9.17) is 4.74 Å². The van der Waals surface area contributed by atoms with Crippen molar-refractivity contribution in [3.8, 4) is 0 Å². The van der Waals surface area contributed by atoms with E-state index in [-0.39, 0.29) is 17.4 Å². The van der Waals surface area contributed by atoms with Gasteiger partial charge < -0.3 is 15.4 Å². The van der Waals surface area contributed by atoms with Gasteiger partial charge in [0.1, 0.15) is 6.04 Å². The largest absolute Gasteiger partial charge is 0.379 e. The molecule has 0 radical (unpaired) electrons. The number of amides is 2. The van der Waals surface area contributed by atoms with Crippen LogP contribution >= 0.6 is 0 Å². The Bertz CT molecular complexity index is 667. The van der Waals surface area contributed by atoms with Crippen LogP contribution in [0, 0.1) is 12.8 Å². The first-order valence-corrected chi connectivity index (χ1v) is 10.2. The van der Waals surface area contributed by atoms with Gasteiger partial charge in [0, 0.05) is 30.7 Å². The van der Waals surface area contributed by atoms with Crippen LogP contribution in [0.25, 0.3) is 0 Å². The molecule has 0 spiro atoms. The van der Waals surface area contributed by atoms with E-state index in [2.05, 4.69) is 43.2 Å². The number of carbonyl (C=O) groups excluding carboxylic acids is 2. The molecule has 2 rings (SSSR count). The Morgan fingerprint density at radius 2 is 1.82 bits per heavy atom. The number of nitrogens with one attached hydrogen (secondary N) is 2. The van der Waals surface area contributed by atoms with Gasteiger partial charge in [0.25, 0.3) is 5.91 Å². The highest BCUT2D eigenvalue weighted by Gasteiger charge is 2.30. The van der Waals surface area contributed by atoms with Crippen LogP contribution in [0.15, 0.2) is 24.3 Å². The van der Waals surface area contributed by atoms with Crippen molar-refractivity contribution in [3.63, 3.8) is 0 Å². The monoisotopic (exact) mass is 389 g/mol. The van der Waals surface area contributed by atoms with Gasteiger partial charge in [-0.25, -0.2) is 0 Å². The molecule has 28 heavy (non-hydrogen) atoms. The maximum absolute atomic E-state index is 12.9. The normalized spacial score (nSPS) is 16.6. The number of aryl methyl sites for hydroxylation is 1. The third-order valence-electron chi connectivity index (χ3n) is 5.28. The minimum absolute atomic E-state index is 0.128. The quantitative estimate of drug-likeness (QED) is 0.716. The molecule has 1 aliphatic rings. The fourth-order valence-electron chi connectivity index (χ4n) is 3.47. The van der Waals surface area contributed by atoms with Crippen LogP contribution in [0.1, 0.15) is 50.0 Å². The molecule has 1 aromatic carbocycles. The molecule has 0 aromatic heterocycles. The van der Waals surface area contributed by atoms with E-state index in [9.17, 15) is 9.59 Å². The lowest BCUT2D eigenvalue weighted by atomic mass is 9.99. The van der Waals surface area contributed by atoms with Gasteiger partial charge in [-0.3, -0.25) is 14.5 Å². The number of benzene rings is 1. The van der Waals surface area contributed by atoms with Crippen molar-refractivity contribution in [2.45, 2.75) is 52.6 Å². The van der Waals surface area contributed by atoms with Gasteiger partial charge in [0.05, 0.1) is 13.2 Å². The third-order valence-corrected chi connectivity index (χ3v) is 5.28. The smallest absolute Gasteiger partial charge is 0.252 e. The third kappa shape index (κ3) is 6.31. The van der Waals surface area contributed by atoms with Crippen molar-refractivity contribution in [3.05, 3.63) is 35.4 Å². The molecular weight excluding hydrogens is 354 g/mol. The van der Waals surface area contributed by atoms with Crippen LogP contribution in [0.2, 0.25) is 0 Å². The minimum atomic E-state index is -0.549. The molecule has 0 bridgehead atoms. The summed E-state index contributed by atoms with van der Waals surface area (Å²) in [6.45, 7) is 14.0. The SMILES string of the molecule is Cc1ccccc1C(=O)N[C@H](CC(C)C)C(=O)NCC(C)(C)N1CCOCC1. The second kappa shape index (κ2) is 10.0. The lowest BCUT2D eigenvalue weighted by Crippen LogP contribution is -2.57. The van der Waals surface area contributed by atoms with Gasteiger partial charge in [-0.15, -0.1) is 0 Å². The summed E-state index contributed by atoms with van der Waals surface area (Å²) in [6, 6.07) is 6.88. The summed E-state index contributed by atoms with van der Waals surface area (Å²) in [7, 11) is 0. The van der Waals surface area contributed by atoms with E-state index < -0.39 is 6.04 Å². The molecule has 6 nitrogen and oxygen atoms in total. The number of hydrogen-bond donors (Lipinski definition) is 2. The predicted octanol–water partition coefficient (Wildman–Crippen LogP) is 2.37. The highest BCUT2D eigenvalue weighted by Crippen LogP contribution is 2.16. The molecule has 0 unspecified atom stereocenters. The van der Waals surface area contributed by atoms with E-state index in [0.717, 1.165) is 31.9 Å². The second-order valence-electron chi connectivity index (χ2n) is 8.60. The van der Waals surface area contributed by atoms with E-state index in [1.165, 1.54) is 0 Å². The number of rotatable bonds is 8. The average molecular weight is 390 g/mol. The van der Waals surface area contributed by atoms with Crippen LogP contribution in [0.5, 0.6) is 0 Å². The number of ether oxygens (including phenoxy) is 1. The summed E-state index contributed by atoms with van der Waals surface area (Å²) in [5, 5.41) is 6.00. The first kappa shape index (κ1) is 22.4. The lowest BCUT2D eigenvalue weighted by Gasteiger charge is -2.41. The van der Waals surface area contributed by atoms with E-state index in [1.54, 1.807) is 6.07 Å². The van der Waals surface area contributed by atoms with Gasteiger partial charge in [-0.1, -0.05) is 32.0 Å². The molecule has 1 heterocycles. The maximum Gasteiger partial charge on any atom is 0.252 e. The molecule has 2 amide bonds. The van der Waals surface area contributed by atoms with Gasteiger partial charge in [-0.2, -0.15) is 0 Å². The molecule has 0 aliphatic carbocycles. The van der Waals surface area contributed by atoms with E-state index in [0.29, 0.717) is 24.4 Å². The highest BCUT2D eigenvalue weighted by atomic mass is 16.5. The minimum Gasteiger partial charge on any atom is -0.379 e.